The average Bonchev–Trinajstić information content (AvgIpc) is 3.19. The van der Waals surface area contributed by atoms with Crippen LogP contribution in [0.25, 0.3) is 10.9 Å². The number of benzene rings is 2. The van der Waals surface area contributed by atoms with Gasteiger partial charge in [0.25, 0.3) is 0 Å². The number of methoxy groups -OCH3 is 1. The van der Waals surface area contributed by atoms with Gasteiger partial charge >= 0.3 is 0 Å². The number of likely N-dealkylation sites (tertiary alicyclic amines) is 1. The molecule has 7 heteroatoms. The molecule has 2 aliphatic heterocycles. The van der Waals surface area contributed by atoms with Crippen molar-refractivity contribution in [2.75, 3.05) is 26.7 Å². The molecular formula is C24H27ClN2O4. The van der Waals surface area contributed by atoms with E-state index in [2.05, 4.69) is 9.88 Å². The number of aromatic amines is 1. The van der Waals surface area contributed by atoms with Crippen LogP contribution in [0.4, 0.5) is 0 Å². The lowest BCUT2D eigenvalue weighted by Crippen LogP contribution is -2.51. The maximum atomic E-state index is 10.9. The van der Waals surface area contributed by atoms with Crippen LogP contribution in [-0.2, 0) is 0 Å². The molecule has 3 N–H and O–H groups in total. The summed E-state index contributed by atoms with van der Waals surface area (Å²) in [6.45, 7) is 2.18. The van der Waals surface area contributed by atoms with Crippen LogP contribution in [0, 0.1) is 0 Å². The van der Waals surface area contributed by atoms with Crippen LogP contribution < -0.4 is 9.47 Å². The number of halogens is 1. The minimum atomic E-state index is -0.586. The highest BCUT2D eigenvalue weighted by atomic mass is 35.5. The molecule has 2 atom stereocenters. The first kappa shape index (κ1) is 20.6. The zero-order chi connectivity index (χ0) is 21.6. The van der Waals surface area contributed by atoms with Crippen molar-refractivity contribution in [3.63, 3.8) is 0 Å². The van der Waals surface area contributed by atoms with Crippen molar-refractivity contribution >= 4 is 22.5 Å². The second kappa shape index (κ2) is 8.02. The van der Waals surface area contributed by atoms with E-state index >= 15 is 0 Å². The molecule has 3 heterocycles. The predicted molar refractivity (Wildman–Crippen MR) is 120 cm³/mol. The van der Waals surface area contributed by atoms with Crippen molar-refractivity contribution < 1.29 is 19.7 Å². The number of aliphatic hydroxyl groups is 2. The Morgan fingerprint density at radius 3 is 2.84 bits per heavy atom. The number of β-amino-alcohol motifs (C(OH)–C–C–N with tert-alkyl or cyclic N) is 1. The Hall–Kier alpha value is -2.25. The van der Waals surface area contributed by atoms with E-state index in [1.165, 1.54) is 0 Å². The first-order chi connectivity index (χ1) is 15.0. The smallest absolute Gasteiger partial charge is 0.126 e. The normalized spacial score (nSPS) is 21.6. The Morgan fingerprint density at radius 2 is 2.06 bits per heavy atom. The minimum absolute atomic E-state index is 0.362. The van der Waals surface area contributed by atoms with Gasteiger partial charge in [0, 0.05) is 65.4 Å². The quantitative estimate of drug-likeness (QED) is 0.564. The summed E-state index contributed by atoms with van der Waals surface area (Å²) >= 11 is 6.08. The number of H-pyrrole nitrogens is 1. The number of nitrogens with one attached hydrogen (secondary N) is 1. The summed E-state index contributed by atoms with van der Waals surface area (Å²) in [4.78, 5) is 5.50. The maximum absolute atomic E-state index is 10.9. The Bertz CT molecular complexity index is 1090. The summed E-state index contributed by atoms with van der Waals surface area (Å²) in [6.07, 6.45) is 2.91. The molecular weight excluding hydrogens is 416 g/mol. The van der Waals surface area contributed by atoms with Crippen molar-refractivity contribution in [1.82, 2.24) is 9.88 Å². The van der Waals surface area contributed by atoms with E-state index in [0.29, 0.717) is 18.0 Å². The lowest BCUT2D eigenvalue weighted by molar-refractivity contribution is -0.0587. The third-order valence-electron chi connectivity index (χ3n) is 6.70. The lowest BCUT2D eigenvalue weighted by atomic mass is 9.81. The average molecular weight is 443 g/mol. The molecule has 0 amide bonds. The SMILES string of the molecule is COc1ccc2c([C@H](O)CN3CCC4(CC3)C[C@@H](O)c3cc(Cl)ccc3O4)c[nH]c2c1. The summed E-state index contributed by atoms with van der Waals surface area (Å²) in [6, 6.07) is 11.3. The number of fused-ring (bicyclic) bond motifs is 2. The molecule has 0 bridgehead atoms. The summed E-state index contributed by atoms with van der Waals surface area (Å²) in [5.41, 5.74) is 2.26. The summed E-state index contributed by atoms with van der Waals surface area (Å²) < 4.78 is 11.6. The van der Waals surface area contributed by atoms with Crippen LogP contribution in [-0.4, -0.2) is 52.4 Å². The first-order valence-electron chi connectivity index (χ1n) is 10.7. The number of aromatic nitrogens is 1. The molecule has 1 aromatic heterocycles. The third-order valence-corrected chi connectivity index (χ3v) is 6.94. The van der Waals surface area contributed by atoms with E-state index in [1.807, 2.05) is 30.5 Å². The van der Waals surface area contributed by atoms with Gasteiger partial charge in [-0.3, -0.25) is 0 Å². The molecule has 2 aliphatic rings. The monoisotopic (exact) mass is 442 g/mol. The zero-order valence-corrected chi connectivity index (χ0v) is 18.2. The fourth-order valence-corrected chi connectivity index (χ4v) is 5.11. The minimum Gasteiger partial charge on any atom is -0.497 e. The van der Waals surface area contributed by atoms with E-state index in [-0.39, 0.29) is 5.60 Å². The molecule has 1 spiro atoms. The number of hydrogen-bond donors (Lipinski definition) is 3. The first-order valence-corrected chi connectivity index (χ1v) is 11.1. The van der Waals surface area contributed by atoms with Crippen LogP contribution >= 0.6 is 11.6 Å². The summed E-state index contributed by atoms with van der Waals surface area (Å²) in [7, 11) is 1.64. The number of hydrogen-bond acceptors (Lipinski definition) is 5. The molecule has 5 rings (SSSR count). The fourth-order valence-electron chi connectivity index (χ4n) is 4.93. The molecule has 6 nitrogen and oxygen atoms in total. The van der Waals surface area contributed by atoms with Gasteiger partial charge in [0.15, 0.2) is 0 Å². The molecule has 0 unspecified atom stereocenters. The Balaban J connectivity index is 1.25. The lowest BCUT2D eigenvalue weighted by Gasteiger charge is -2.46. The van der Waals surface area contributed by atoms with E-state index in [0.717, 1.165) is 59.5 Å². The molecule has 1 saturated heterocycles. The van der Waals surface area contributed by atoms with E-state index in [1.54, 1.807) is 19.2 Å². The van der Waals surface area contributed by atoms with Gasteiger partial charge in [-0.15, -0.1) is 0 Å². The van der Waals surface area contributed by atoms with Crippen LogP contribution in [0.2, 0.25) is 5.02 Å². The molecule has 164 valence electrons. The molecule has 1 fully saturated rings. The van der Waals surface area contributed by atoms with E-state index < -0.39 is 12.2 Å². The molecule has 0 saturated carbocycles. The highest BCUT2D eigenvalue weighted by Crippen LogP contribution is 2.45. The van der Waals surface area contributed by atoms with Crippen molar-refractivity contribution in [1.29, 1.82) is 0 Å². The van der Waals surface area contributed by atoms with Gasteiger partial charge in [0.2, 0.25) is 0 Å². The van der Waals surface area contributed by atoms with Gasteiger partial charge in [-0.2, -0.15) is 0 Å². The number of nitrogens with zero attached hydrogens (tertiary/aromatic N) is 1. The summed E-state index contributed by atoms with van der Waals surface area (Å²) in [5, 5.41) is 23.2. The number of aliphatic hydroxyl groups excluding tert-OH is 2. The molecule has 31 heavy (non-hydrogen) atoms. The van der Waals surface area contributed by atoms with E-state index in [9.17, 15) is 10.2 Å². The second-order valence-corrected chi connectivity index (χ2v) is 9.10. The number of piperidine rings is 1. The van der Waals surface area contributed by atoms with Gasteiger partial charge in [-0.1, -0.05) is 11.6 Å². The Morgan fingerprint density at radius 1 is 1.26 bits per heavy atom. The van der Waals surface area contributed by atoms with Crippen LogP contribution in [0.3, 0.4) is 0 Å². The number of rotatable bonds is 4. The van der Waals surface area contributed by atoms with Gasteiger partial charge < -0.3 is 29.6 Å². The highest BCUT2D eigenvalue weighted by Gasteiger charge is 2.43. The van der Waals surface area contributed by atoms with Crippen molar-refractivity contribution in [3.8, 4) is 11.5 Å². The van der Waals surface area contributed by atoms with Crippen LogP contribution in [0.1, 0.15) is 42.6 Å². The molecule has 0 aliphatic carbocycles. The highest BCUT2D eigenvalue weighted by molar-refractivity contribution is 6.30. The Labute approximate surface area is 186 Å². The van der Waals surface area contributed by atoms with Crippen LogP contribution in [0.15, 0.2) is 42.6 Å². The van der Waals surface area contributed by atoms with Crippen molar-refractivity contribution in [3.05, 3.63) is 58.7 Å². The molecule has 3 aromatic rings. The second-order valence-electron chi connectivity index (χ2n) is 8.66. The Kier molecular flexibility index (Phi) is 5.34. The number of ether oxygens (including phenoxy) is 2. The van der Waals surface area contributed by atoms with Gasteiger partial charge in [0.1, 0.15) is 17.1 Å². The van der Waals surface area contributed by atoms with Gasteiger partial charge in [0.05, 0.1) is 19.3 Å². The third kappa shape index (κ3) is 3.89. The van der Waals surface area contributed by atoms with Crippen LogP contribution in [0.5, 0.6) is 11.5 Å². The van der Waals surface area contributed by atoms with Crippen molar-refractivity contribution in [2.24, 2.45) is 0 Å². The standard InChI is InChI=1S/C24H27ClN2O4/c1-30-16-3-4-17-19(13-26-20(17)11-16)22(29)14-27-8-6-24(7-9-27)12-21(28)18-10-15(25)2-5-23(18)31-24/h2-5,10-11,13,21-22,26,28-29H,6-9,12,14H2,1H3/t21-,22-/m1/s1. The fraction of sp³-hybridized carbons (Fsp3) is 0.417. The van der Waals surface area contributed by atoms with Gasteiger partial charge in [-0.25, -0.2) is 0 Å². The molecule has 2 aromatic carbocycles. The van der Waals surface area contributed by atoms with Crippen molar-refractivity contribution in [2.45, 2.75) is 37.1 Å². The zero-order valence-electron chi connectivity index (χ0n) is 17.5. The molecule has 0 radical (unpaired) electrons. The topological polar surface area (TPSA) is 78.0 Å². The van der Waals surface area contributed by atoms with E-state index in [4.69, 9.17) is 21.1 Å². The largest absolute Gasteiger partial charge is 0.497 e. The predicted octanol–water partition coefficient (Wildman–Crippen LogP) is 4.21. The van der Waals surface area contributed by atoms with Gasteiger partial charge in [-0.05, 0) is 43.2 Å². The summed E-state index contributed by atoms with van der Waals surface area (Å²) in [5.74, 6) is 1.51. The maximum Gasteiger partial charge on any atom is 0.126 e.